The minimum Gasteiger partial charge on any atom is -0.669 e. The fourth-order valence-corrected chi connectivity index (χ4v) is 1.57. The Balaban J connectivity index is 0.000000531. The van der Waals surface area contributed by atoms with Gasteiger partial charge in [-0.1, -0.05) is 35.9 Å². The number of hydrogen-bond acceptors (Lipinski definition) is 1. The fraction of sp³-hybridized carbons (Fsp3) is 0.300. The minimum absolute atomic E-state index is 0. The molecule has 2 rings (SSSR count). The Morgan fingerprint density at radius 2 is 1.93 bits per heavy atom. The van der Waals surface area contributed by atoms with Gasteiger partial charge in [-0.25, -0.2) is 0 Å². The molecular formula is C10H13ClNORu. The average Bonchev–Trinajstić information content (AvgIpc) is 2.47. The van der Waals surface area contributed by atoms with Gasteiger partial charge in [0.15, 0.2) is 0 Å². The molecule has 1 aliphatic carbocycles. The van der Waals surface area contributed by atoms with E-state index in [2.05, 4.69) is 9.69 Å². The predicted molar refractivity (Wildman–Crippen MR) is 55.5 cm³/mol. The summed E-state index contributed by atoms with van der Waals surface area (Å²) in [6.07, 6.45) is 0.150. The molecule has 0 saturated heterocycles. The zero-order valence-electron chi connectivity index (χ0n) is 7.85. The molecule has 0 fully saturated rings. The number of aliphatic hydroxyl groups is 1. The summed E-state index contributed by atoms with van der Waals surface area (Å²) in [6, 6.07) is 7.34. The van der Waals surface area contributed by atoms with Crippen LogP contribution in [0.3, 0.4) is 0 Å². The van der Waals surface area contributed by atoms with Crippen molar-refractivity contribution in [3.8, 4) is 0 Å². The van der Waals surface area contributed by atoms with Crippen LogP contribution in [-0.4, -0.2) is 11.2 Å². The van der Waals surface area contributed by atoms with E-state index < -0.39 is 12.1 Å². The van der Waals surface area contributed by atoms with Gasteiger partial charge in [-0.2, -0.15) is 0 Å². The molecule has 0 spiro atoms. The zero-order valence-corrected chi connectivity index (χ0v) is 10.3. The van der Waals surface area contributed by atoms with Crippen LogP contribution in [0.2, 0.25) is 0 Å². The summed E-state index contributed by atoms with van der Waals surface area (Å²) < 4.78 is 0. The molecule has 0 saturated carbocycles. The van der Waals surface area contributed by atoms with E-state index in [-0.39, 0.29) is 7.43 Å². The SMILES string of the molecule is [CH3-].[Cl][Ru+2].[NH-][C@H]1c2ccccc2C[C@H]1O. The van der Waals surface area contributed by atoms with Gasteiger partial charge in [0, 0.05) is 6.10 Å². The molecule has 0 unspecified atom stereocenters. The average molecular weight is 300 g/mol. The first-order chi connectivity index (χ1) is 6.29. The first-order valence-corrected chi connectivity index (χ1v) is 6.13. The third kappa shape index (κ3) is 2.77. The summed E-state index contributed by atoms with van der Waals surface area (Å²) in [6.45, 7) is 0. The molecule has 2 nitrogen and oxygen atoms in total. The second-order valence-electron chi connectivity index (χ2n) is 2.95. The third-order valence-corrected chi connectivity index (χ3v) is 2.20. The maximum atomic E-state index is 9.33. The second-order valence-corrected chi connectivity index (χ2v) is 2.95. The van der Waals surface area contributed by atoms with E-state index in [1.54, 1.807) is 0 Å². The van der Waals surface area contributed by atoms with Crippen LogP contribution in [0.1, 0.15) is 17.2 Å². The van der Waals surface area contributed by atoms with Crippen LogP contribution in [0, 0.1) is 7.43 Å². The van der Waals surface area contributed by atoms with E-state index in [1.807, 2.05) is 41.6 Å². The Kier molecular flexibility index (Phi) is 6.55. The fourth-order valence-electron chi connectivity index (χ4n) is 1.57. The van der Waals surface area contributed by atoms with Gasteiger partial charge in [0.2, 0.25) is 0 Å². The van der Waals surface area contributed by atoms with Crippen LogP contribution < -0.4 is 0 Å². The molecule has 0 heterocycles. The number of benzene rings is 1. The van der Waals surface area contributed by atoms with Crippen molar-refractivity contribution in [3.63, 3.8) is 0 Å². The molecular weight excluding hydrogens is 287 g/mol. The largest absolute Gasteiger partial charge is 0.669 e. The molecule has 2 N–H and O–H groups in total. The number of fused-ring (bicyclic) bond motifs is 1. The van der Waals surface area contributed by atoms with Crippen LogP contribution in [0.4, 0.5) is 0 Å². The molecule has 79 valence electrons. The monoisotopic (exact) mass is 300 g/mol. The van der Waals surface area contributed by atoms with E-state index >= 15 is 0 Å². The van der Waals surface area contributed by atoms with Crippen molar-refractivity contribution in [2.45, 2.75) is 18.6 Å². The number of hydrogen-bond donors (Lipinski definition) is 1. The molecule has 1 aromatic carbocycles. The second kappa shape index (κ2) is 6.52. The third-order valence-electron chi connectivity index (χ3n) is 2.20. The van der Waals surface area contributed by atoms with Gasteiger partial charge in [0.25, 0.3) is 0 Å². The first-order valence-electron chi connectivity index (χ1n) is 3.89. The molecule has 0 aromatic heterocycles. The van der Waals surface area contributed by atoms with Crippen molar-refractivity contribution >= 4 is 9.69 Å². The Bertz CT molecular complexity index is 283. The van der Waals surface area contributed by atoms with Gasteiger partial charge in [0.1, 0.15) is 0 Å². The summed E-state index contributed by atoms with van der Waals surface area (Å²) in [5.41, 5.74) is 9.68. The van der Waals surface area contributed by atoms with Crippen molar-refractivity contribution in [1.82, 2.24) is 0 Å². The maximum absolute atomic E-state index is 9.33. The van der Waals surface area contributed by atoms with Gasteiger partial charge in [-0.05, 0) is 12.0 Å². The first kappa shape index (κ1) is 14.1. The van der Waals surface area contributed by atoms with Crippen LogP contribution >= 0.6 is 9.69 Å². The van der Waals surface area contributed by atoms with Crippen LogP contribution in [0.15, 0.2) is 24.3 Å². The van der Waals surface area contributed by atoms with Crippen molar-refractivity contribution < 1.29 is 22.4 Å². The molecule has 1 aromatic rings. The van der Waals surface area contributed by atoms with Gasteiger partial charge >= 0.3 is 27.0 Å². The summed E-state index contributed by atoms with van der Waals surface area (Å²) in [5.74, 6) is 0. The number of rotatable bonds is 0. The Morgan fingerprint density at radius 1 is 1.36 bits per heavy atom. The number of nitrogens with one attached hydrogen (secondary N) is 1. The maximum Gasteiger partial charge on any atom is 0.0459 e. The van der Waals surface area contributed by atoms with Gasteiger partial charge in [-0.3, -0.25) is 0 Å². The quantitative estimate of drug-likeness (QED) is 0.581. The molecule has 14 heavy (non-hydrogen) atoms. The van der Waals surface area contributed by atoms with Crippen molar-refractivity contribution in [1.29, 1.82) is 0 Å². The topological polar surface area (TPSA) is 44.0 Å². The van der Waals surface area contributed by atoms with E-state index in [9.17, 15) is 5.11 Å². The molecule has 0 amide bonds. The van der Waals surface area contributed by atoms with Crippen molar-refractivity contribution in [2.24, 2.45) is 0 Å². The zero-order chi connectivity index (χ0) is 9.84. The summed E-state index contributed by atoms with van der Waals surface area (Å²) >= 11 is 1.82. The number of aliphatic hydroxyl groups excluding tert-OH is 1. The van der Waals surface area contributed by atoms with E-state index in [1.165, 1.54) is 0 Å². The Hall–Kier alpha value is 0.0534. The van der Waals surface area contributed by atoms with E-state index in [0.717, 1.165) is 11.1 Å². The van der Waals surface area contributed by atoms with Crippen molar-refractivity contribution in [3.05, 3.63) is 48.6 Å². The van der Waals surface area contributed by atoms with E-state index in [0.29, 0.717) is 6.42 Å². The molecule has 2 atom stereocenters. The molecule has 0 radical (unpaired) electrons. The van der Waals surface area contributed by atoms with Gasteiger partial charge < -0.3 is 18.3 Å². The molecule has 0 bridgehead atoms. The molecule has 1 aliphatic rings. The molecule has 0 aliphatic heterocycles. The molecule has 4 heteroatoms. The van der Waals surface area contributed by atoms with Gasteiger partial charge in [0.05, 0.1) is 0 Å². The number of halogens is 1. The Labute approximate surface area is 99.2 Å². The van der Waals surface area contributed by atoms with E-state index in [4.69, 9.17) is 5.73 Å². The summed E-state index contributed by atoms with van der Waals surface area (Å²) in [7, 11) is 4.57. The standard InChI is InChI=1S/C9H10NO.CH3.ClH.Ru/c10-9-7-4-2-1-3-6(7)5-8(9)11;;;/h1-4,8-11H,5H2;1H3;1H;/q2*-1;;+3/p-1/t8-,9+;;;/m1.../s1. The minimum atomic E-state index is -0.493. The van der Waals surface area contributed by atoms with Crippen LogP contribution in [-0.2, 0) is 23.7 Å². The smallest absolute Gasteiger partial charge is 0.0459 e. The normalized spacial score (nSPS) is 22.8. The van der Waals surface area contributed by atoms with Crippen LogP contribution in [0.5, 0.6) is 0 Å². The predicted octanol–water partition coefficient (Wildman–Crippen LogP) is 2.83. The summed E-state index contributed by atoms with van der Waals surface area (Å²) in [5, 5.41) is 9.33. The van der Waals surface area contributed by atoms with Crippen molar-refractivity contribution in [2.75, 3.05) is 0 Å². The summed E-state index contributed by atoms with van der Waals surface area (Å²) in [4.78, 5) is 0. The van der Waals surface area contributed by atoms with Gasteiger partial charge in [-0.15, -0.1) is 0 Å². The Morgan fingerprint density at radius 3 is 2.50 bits per heavy atom. The van der Waals surface area contributed by atoms with Crippen LogP contribution in [0.25, 0.3) is 5.73 Å².